The van der Waals surface area contributed by atoms with E-state index in [1.807, 2.05) is 20.2 Å². The molecule has 1 amide bonds. The van der Waals surface area contributed by atoms with Gasteiger partial charge in [-0.15, -0.1) is 0 Å². The standard InChI is InChI=1S/C21H30N4O/c1-15(2)18-9-6-8-16(3)20(18)24-17-10-12-22-19(14-17)21(26)23-11-7-13-25(4)5/h6,8-10,12,14-15H,7,11,13H2,1-5H3,(H,22,24)(H,23,26). The first-order valence-electron chi connectivity index (χ1n) is 9.14. The molecule has 0 atom stereocenters. The highest BCUT2D eigenvalue weighted by atomic mass is 16.1. The van der Waals surface area contributed by atoms with E-state index in [0.717, 1.165) is 24.3 Å². The van der Waals surface area contributed by atoms with Gasteiger partial charge in [-0.2, -0.15) is 0 Å². The molecule has 0 unspecified atom stereocenters. The van der Waals surface area contributed by atoms with Gasteiger partial charge in [0.15, 0.2) is 0 Å². The van der Waals surface area contributed by atoms with E-state index in [1.165, 1.54) is 11.1 Å². The number of carbonyl (C=O) groups excluding carboxylic acids is 1. The van der Waals surface area contributed by atoms with Crippen LogP contribution >= 0.6 is 0 Å². The van der Waals surface area contributed by atoms with Gasteiger partial charge >= 0.3 is 0 Å². The number of nitrogens with one attached hydrogen (secondary N) is 2. The van der Waals surface area contributed by atoms with E-state index in [9.17, 15) is 4.79 Å². The lowest BCUT2D eigenvalue weighted by molar-refractivity contribution is 0.0947. The Balaban J connectivity index is 2.09. The summed E-state index contributed by atoms with van der Waals surface area (Å²) in [5.74, 6) is 0.278. The molecule has 0 aliphatic carbocycles. The van der Waals surface area contributed by atoms with E-state index < -0.39 is 0 Å². The van der Waals surface area contributed by atoms with E-state index in [1.54, 1.807) is 12.3 Å². The predicted octanol–water partition coefficient (Wildman–Crippen LogP) is 3.94. The molecule has 1 heterocycles. The molecule has 0 bridgehead atoms. The van der Waals surface area contributed by atoms with Crippen molar-refractivity contribution in [3.05, 3.63) is 53.3 Å². The van der Waals surface area contributed by atoms with Crippen LogP contribution in [0.1, 0.15) is 47.8 Å². The summed E-state index contributed by atoms with van der Waals surface area (Å²) in [6.07, 6.45) is 2.59. The SMILES string of the molecule is Cc1cccc(C(C)C)c1Nc1ccnc(C(=O)NCCCN(C)C)c1. The summed E-state index contributed by atoms with van der Waals surface area (Å²) in [7, 11) is 4.05. The van der Waals surface area contributed by atoms with Gasteiger partial charge in [-0.25, -0.2) is 0 Å². The molecule has 26 heavy (non-hydrogen) atoms. The van der Waals surface area contributed by atoms with Crippen molar-refractivity contribution in [3.8, 4) is 0 Å². The largest absolute Gasteiger partial charge is 0.355 e. The van der Waals surface area contributed by atoms with Crippen LogP contribution in [0.2, 0.25) is 0 Å². The lowest BCUT2D eigenvalue weighted by Gasteiger charge is -2.17. The molecular weight excluding hydrogens is 324 g/mol. The maximum Gasteiger partial charge on any atom is 0.269 e. The molecule has 140 valence electrons. The monoisotopic (exact) mass is 354 g/mol. The van der Waals surface area contributed by atoms with Gasteiger partial charge in [0.1, 0.15) is 5.69 Å². The fourth-order valence-electron chi connectivity index (χ4n) is 2.81. The van der Waals surface area contributed by atoms with Crippen LogP contribution in [0.15, 0.2) is 36.5 Å². The van der Waals surface area contributed by atoms with E-state index in [4.69, 9.17) is 0 Å². The van der Waals surface area contributed by atoms with Crippen LogP contribution in [-0.2, 0) is 0 Å². The van der Waals surface area contributed by atoms with Crippen LogP contribution in [0.25, 0.3) is 0 Å². The van der Waals surface area contributed by atoms with Crippen LogP contribution in [0.4, 0.5) is 11.4 Å². The minimum atomic E-state index is -0.138. The second-order valence-corrected chi connectivity index (χ2v) is 7.16. The highest BCUT2D eigenvalue weighted by Gasteiger charge is 2.11. The first-order valence-corrected chi connectivity index (χ1v) is 9.14. The zero-order valence-corrected chi connectivity index (χ0v) is 16.5. The van der Waals surface area contributed by atoms with E-state index >= 15 is 0 Å². The minimum Gasteiger partial charge on any atom is -0.355 e. The summed E-state index contributed by atoms with van der Waals surface area (Å²) in [6, 6.07) is 10.00. The Morgan fingerprint density at radius 1 is 1.23 bits per heavy atom. The normalized spacial score (nSPS) is 11.0. The number of aromatic nitrogens is 1. The van der Waals surface area contributed by atoms with Crippen molar-refractivity contribution >= 4 is 17.3 Å². The van der Waals surface area contributed by atoms with Crippen LogP contribution in [0.5, 0.6) is 0 Å². The molecule has 0 saturated carbocycles. The molecule has 1 aromatic heterocycles. The molecular formula is C21H30N4O. The van der Waals surface area contributed by atoms with Crippen LogP contribution in [-0.4, -0.2) is 43.0 Å². The van der Waals surface area contributed by atoms with Crippen molar-refractivity contribution < 1.29 is 4.79 Å². The molecule has 0 aliphatic rings. The Morgan fingerprint density at radius 2 is 2.00 bits per heavy atom. The van der Waals surface area contributed by atoms with Crippen molar-refractivity contribution in [2.45, 2.75) is 33.1 Å². The Hall–Kier alpha value is -2.40. The van der Waals surface area contributed by atoms with E-state index in [-0.39, 0.29) is 5.91 Å². The maximum absolute atomic E-state index is 12.3. The second kappa shape index (κ2) is 9.34. The highest BCUT2D eigenvalue weighted by molar-refractivity contribution is 5.93. The first kappa shape index (κ1) is 19.9. The van der Waals surface area contributed by atoms with Gasteiger partial charge in [0, 0.05) is 24.1 Å². The number of hydrogen-bond donors (Lipinski definition) is 2. The van der Waals surface area contributed by atoms with Crippen molar-refractivity contribution in [2.75, 3.05) is 32.5 Å². The third-order valence-electron chi connectivity index (χ3n) is 4.26. The summed E-state index contributed by atoms with van der Waals surface area (Å²) in [5, 5.41) is 6.40. The van der Waals surface area contributed by atoms with Crippen molar-refractivity contribution in [3.63, 3.8) is 0 Å². The summed E-state index contributed by atoms with van der Waals surface area (Å²) < 4.78 is 0. The van der Waals surface area contributed by atoms with Gasteiger partial charge in [0.05, 0.1) is 0 Å². The zero-order valence-electron chi connectivity index (χ0n) is 16.5. The summed E-state index contributed by atoms with van der Waals surface area (Å²) in [5.41, 5.74) is 4.85. The number of anilines is 2. The van der Waals surface area contributed by atoms with Crippen LogP contribution < -0.4 is 10.6 Å². The molecule has 0 spiro atoms. The molecule has 0 fully saturated rings. The molecule has 2 aromatic rings. The molecule has 2 N–H and O–H groups in total. The Kier molecular flexibility index (Phi) is 7.16. The lowest BCUT2D eigenvalue weighted by Crippen LogP contribution is -2.27. The van der Waals surface area contributed by atoms with Crippen molar-refractivity contribution in [1.82, 2.24) is 15.2 Å². The van der Waals surface area contributed by atoms with Crippen molar-refractivity contribution in [1.29, 1.82) is 0 Å². The van der Waals surface area contributed by atoms with Gasteiger partial charge in [-0.05, 0) is 63.2 Å². The number of carbonyl (C=O) groups is 1. The third-order valence-corrected chi connectivity index (χ3v) is 4.26. The highest BCUT2D eigenvalue weighted by Crippen LogP contribution is 2.30. The number of rotatable bonds is 8. The smallest absolute Gasteiger partial charge is 0.269 e. The number of nitrogens with zero attached hydrogens (tertiary/aromatic N) is 2. The number of hydrogen-bond acceptors (Lipinski definition) is 4. The lowest BCUT2D eigenvalue weighted by atomic mass is 9.98. The van der Waals surface area contributed by atoms with E-state index in [0.29, 0.717) is 18.2 Å². The molecule has 0 radical (unpaired) electrons. The third kappa shape index (κ3) is 5.56. The second-order valence-electron chi connectivity index (χ2n) is 7.16. The number of para-hydroxylation sites is 1. The average molecular weight is 354 g/mol. The number of amides is 1. The van der Waals surface area contributed by atoms with Gasteiger partial charge in [-0.3, -0.25) is 9.78 Å². The van der Waals surface area contributed by atoms with Crippen molar-refractivity contribution in [2.24, 2.45) is 0 Å². The molecule has 2 rings (SSSR count). The molecule has 1 aromatic carbocycles. The number of aryl methyl sites for hydroxylation is 1. The molecule has 0 aliphatic heterocycles. The fourth-order valence-corrected chi connectivity index (χ4v) is 2.81. The number of pyridine rings is 1. The van der Waals surface area contributed by atoms with Crippen LogP contribution in [0.3, 0.4) is 0 Å². The van der Waals surface area contributed by atoms with Gasteiger partial charge in [0.2, 0.25) is 0 Å². The zero-order chi connectivity index (χ0) is 19.1. The predicted molar refractivity (Wildman–Crippen MR) is 108 cm³/mol. The van der Waals surface area contributed by atoms with Gasteiger partial charge in [-0.1, -0.05) is 32.0 Å². The van der Waals surface area contributed by atoms with Gasteiger partial charge < -0.3 is 15.5 Å². The Bertz CT molecular complexity index is 741. The quantitative estimate of drug-likeness (QED) is 0.705. The minimum absolute atomic E-state index is 0.138. The summed E-state index contributed by atoms with van der Waals surface area (Å²) in [4.78, 5) is 18.6. The fraction of sp³-hybridized carbons (Fsp3) is 0.429. The summed E-state index contributed by atoms with van der Waals surface area (Å²) in [6.45, 7) is 8.04. The number of benzene rings is 1. The first-order chi connectivity index (χ1) is 12.4. The van der Waals surface area contributed by atoms with Gasteiger partial charge in [0.25, 0.3) is 5.91 Å². The molecule has 0 saturated heterocycles. The molecule has 5 nitrogen and oxygen atoms in total. The summed E-state index contributed by atoms with van der Waals surface area (Å²) >= 11 is 0. The Labute approximate surface area is 156 Å². The molecule has 5 heteroatoms. The topological polar surface area (TPSA) is 57.3 Å². The van der Waals surface area contributed by atoms with Crippen LogP contribution in [0, 0.1) is 6.92 Å². The van der Waals surface area contributed by atoms with E-state index in [2.05, 4.69) is 59.5 Å². The average Bonchev–Trinajstić information content (AvgIpc) is 2.60. The maximum atomic E-state index is 12.3. The Morgan fingerprint density at radius 3 is 2.69 bits per heavy atom.